The van der Waals surface area contributed by atoms with Crippen LogP contribution in [0.15, 0.2) is 57.7 Å². The summed E-state index contributed by atoms with van der Waals surface area (Å²) in [6.07, 6.45) is 5.09. The number of hydrogen-bond acceptors (Lipinski definition) is 6. The van der Waals surface area contributed by atoms with Crippen molar-refractivity contribution >= 4 is 0 Å². The molecule has 5 rings (SSSR count). The van der Waals surface area contributed by atoms with Gasteiger partial charge in [-0.25, -0.2) is 9.37 Å². The molecule has 1 atom stereocenters. The van der Waals surface area contributed by atoms with Crippen molar-refractivity contribution < 1.29 is 13.3 Å². The molecule has 2 heterocycles. The number of benzene rings is 2. The van der Waals surface area contributed by atoms with Crippen molar-refractivity contribution in [1.82, 2.24) is 15.1 Å². The predicted octanol–water partition coefficient (Wildman–Crippen LogP) is 4.46. The van der Waals surface area contributed by atoms with Gasteiger partial charge >= 0.3 is 0 Å². The van der Waals surface area contributed by atoms with E-state index in [0.29, 0.717) is 35.3 Å². The average molecular weight is 390 g/mol. The lowest BCUT2D eigenvalue weighted by Gasteiger charge is -2.22. The summed E-state index contributed by atoms with van der Waals surface area (Å²) in [7, 11) is 0. The topological polar surface area (TPSA) is 91.0 Å². The van der Waals surface area contributed by atoms with Crippen LogP contribution in [-0.2, 0) is 12.8 Å². The van der Waals surface area contributed by atoms with E-state index in [1.165, 1.54) is 17.7 Å². The molecule has 29 heavy (non-hydrogen) atoms. The van der Waals surface area contributed by atoms with Crippen LogP contribution in [0.3, 0.4) is 0 Å². The molecule has 6 nitrogen and oxygen atoms in total. The number of halogens is 1. The molecule has 0 spiro atoms. The van der Waals surface area contributed by atoms with Crippen LogP contribution >= 0.6 is 0 Å². The number of aryl methyl sites for hydroxylation is 1. The standard InChI is InChI=1S/C22H19FN4O2/c23-16-8-6-14(7-9-16)21-25-17(12-28-21)11-20-26-22(29-27-20)15-5-4-13-2-1-3-19(24)18(13)10-15/h4-10,12,19H,1-3,11,24H2. The second kappa shape index (κ2) is 7.25. The minimum absolute atomic E-state index is 0.0566. The molecule has 4 aromatic rings. The maximum atomic E-state index is 13.1. The van der Waals surface area contributed by atoms with E-state index in [0.717, 1.165) is 30.4 Å². The van der Waals surface area contributed by atoms with E-state index in [4.69, 9.17) is 14.7 Å². The van der Waals surface area contributed by atoms with Gasteiger partial charge in [0.15, 0.2) is 5.82 Å². The molecule has 1 aliphatic rings. The Bertz CT molecular complexity index is 1150. The zero-order valence-electron chi connectivity index (χ0n) is 15.6. The number of fused-ring (bicyclic) bond motifs is 1. The summed E-state index contributed by atoms with van der Waals surface area (Å²) < 4.78 is 24.0. The Morgan fingerprint density at radius 1 is 1.03 bits per heavy atom. The van der Waals surface area contributed by atoms with Crippen LogP contribution in [0.2, 0.25) is 0 Å². The van der Waals surface area contributed by atoms with E-state index < -0.39 is 0 Å². The van der Waals surface area contributed by atoms with Crippen molar-refractivity contribution in [2.24, 2.45) is 5.73 Å². The first-order chi connectivity index (χ1) is 14.2. The maximum absolute atomic E-state index is 13.1. The summed E-state index contributed by atoms with van der Waals surface area (Å²) >= 11 is 0. The van der Waals surface area contributed by atoms with Crippen LogP contribution < -0.4 is 5.73 Å². The summed E-state index contributed by atoms with van der Waals surface area (Å²) in [5.74, 6) is 1.10. The average Bonchev–Trinajstić information content (AvgIpc) is 3.39. The first kappa shape index (κ1) is 17.8. The summed E-state index contributed by atoms with van der Waals surface area (Å²) in [6, 6.07) is 12.2. The van der Waals surface area contributed by atoms with Gasteiger partial charge in [0.1, 0.15) is 12.1 Å². The molecule has 0 bridgehead atoms. The number of hydrogen-bond donors (Lipinski definition) is 1. The third-order valence-corrected chi connectivity index (χ3v) is 5.20. The van der Waals surface area contributed by atoms with Gasteiger partial charge in [-0.3, -0.25) is 0 Å². The minimum Gasteiger partial charge on any atom is -0.444 e. The Labute approximate surface area is 166 Å². The second-order valence-electron chi connectivity index (χ2n) is 7.26. The highest BCUT2D eigenvalue weighted by molar-refractivity contribution is 5.57. The third kappa shape index (κ3) is 3.56. The summed E-state index contributed by atoms with van der Waals surface area (Å²) in [5, 5.41) is 4.06. The molecular formula is C22H19FN4O2. The van der Waals surface area contributed by atoms with E-state index >= 15 is 0 Å². The number of oxazole rings is 1. The van der Waals surface area contributed by atoms with Crippen LogP contribution in [-0.4, -0.2) is 15.1 Å². The lowest BCUT2D eigenvalue weighted by Crippen LogP contribution is -2.17. The van der Waals surface area contributed by atoms with Crippen molar-refractivity contribution in [3.05, 3.63) is 77.2 Å². The minimum atomic E-state index is -0.303. The van der Waals surface area contributed by atoms with Crippen molar-refractivity contribution in [1.29, 1.82) is 0 Å². The fourth-order valence-corrected chi connectivity index (χ4v) is 3.69. The normalized spacial score (nSPS) is 16.0. The Kier molecular flexibility index (Phi) is 4.44. The first-order valence-corrected chi connectivity index (χ1v) is 9.57. The molecule has 7 heteroatoms. The van der Waals surface area contributed by atoms with Crippen molar-refractivity contribution in [3.8, 4) is 22.9 Å². The number of nitrogens with zero attached hydrogens (tertiary/aromatic N) is 3. The number of rotatable bonds is 4. The fourth-order valence-electron chi connectivity index (χ4n) is 3.69. The SMILES string of the molecule is NC1CCCc2ccc(-c3nc(Cc4coc(-c5ccc(F)cc5)n4)no3)cc21. The number of nitrogens with two attached hydrogens (primary N) is 1. The molecule has 0 saturated carbocycles. The molecule has 0 saturated heterocycles. The third-order valence-electron chi connectivity index (χ3n) is 5.20. The Morgan fingerprint density at radius 2 is 1.86 bits per heavy atom. The molecule has 2 aromatic carbocycles. The number of aromatic nitrogens is 3. The summed E-state index contributed by atoms with van der Waals surface area (Å²) in [4.78, 5) is 8.92. The largest absolute Gasteiger partial charge is 0.444 e. The molecule has 2 N–H and O–H groups in total. The molecule has 0 fully saturated rings. The van der Waals surface area contributed by atoms with E-state index in [2.05, 4.69) is 27.3 Å². The zero-order valence-corrected chi connectivity index (χ0v) is 15.6. The monoisotopic (exact) mass is 390 g/mol. The van der Waals surface area contributed by atoms with Gasteiger partial charge in [0, 0.05) is 17.2 Å². The van der Waals surface area contributed by atoms with E-state index in [9.17, 15) is 4.39 Å². The van der Waals surface area contributed by atoms with Gasteiger partial charge in [0.25, 0.3) is 5.89 Å². The van der Waals surface area contributed by atoms with Crippen molar-refractivity contribution in [2.75, 3.05) is 0 Å². The highest BCUT2D eigenvalue weighted by Gasteiger charge is 2.19. The van der Waals surface area contributed by atoms with E-state index in [1.807, 2.05) is 6.07 Å². The maximum Gasteiger partial charge on any atom is 0.257 e. The molecular weight excluding hydrogens is 371 g/mol. The highest BCUT2D eigenvalue weighted by atomic mass is 19.1. The smallest absolute Gasteiger partial charge is 0.257 e. The van der Waals surface area contributed by atoms with Gasteiger partial charge in [0.05, 0.1) is 12.1 Å². The lowest BCUT2D eigenvalue weighted by atomic mass is 9.87. The van der Waals surface area contributed by atoms with Crippen LogP contribution in [0.4, 0.5) is 4.39 Å². The van der Waals surface area contributed by atoms with Gasteiger partial charge < -0.3 is 14.7 Å². The molecule has 146 valence electrons. The summed E-state index contributed by atoms with van der Waals surface area (Å²) in [5.41, 5.74) is 11.0. The quantitative estimate of drug-likeness (QED) is 0.553. The molecule has 0 amide bonds. The van der Waals surface area contributed by atoms with Gasteiger partial charge in [-0.2, -0.15) is 4.98 Å². The van der Waals surface area contributed by atoms with Crippen molar-refractivity contribution in [3.63, 3.8) is 0 Å². The molecule has 0 aliphatic heterocycles. The van der Waals surface area contributed by atoms with Gasteiger partial charge in [-0.1, -0.05) is 11.2 Å². The van der Waals surface area contributed by atoms with Crippen LogP contribution in [0, 0.1) is 5.82 Å². The Balaban J connectivity index is 1.35. The Morgan fingerprint density at radius 3 is 2.72 bits per heavy atom. The van der Waals surface area contributed by atoms with E-state index in [-0.39, 0.29) is 11.9 Å². The predicted molar refractivity (Wildman–Crippen MR) is 104 cm³/mol. The van der Waals surface area contributed by atoms with Crippen molar-refractivity contribution in [2.45, 2.75) is 31.7 Å². The van der Waals surface area contributed by atoms with E-state index in [1.54, 1.807) is 18.4 Å². The summed E-state index contributed by atoms with van der Waals surface area (Å²) in [6.45, 7) is 0. The second-order valence-corrected chi connectivity index (χ2v) is 7.26. The molecule has 1 aliphatic carbocycles. The Hall–Kier alpha value is -3.32. The molecule has 2 aromatic heterocycles. The lowest BCUT2D eigenvalue weighted by molar-refractivity contribution is 0.423. The van der Waals surface area contributed by atoms with Gasteiger partial charge in [0.2, 0.25) is 5.89 Å². The van der Waals surface area contributed by atoms with Gasteiger partial charge in [-0.05, 0) is 66.8 Å². The van der Waals surface area contributed by atoms with Crippen LogP contribution in [0.25, 0.3) is 22.9 Å². The van der Waals surface area contributed by atoms with Gasteiger partial charge in [-0.15, -0.1) is 0 Å². The molecule has 1 unspecified atom stereocenters. The highest BCUT2D eigenvalue weighted by Crippen LogP contribution is 2.31. The first-order valence-electron chi connectivity index (χ1n) is 9.57. The molecule has 0 radical (unpaired) electrons. The van der Waals surface area contributed by atoms with Crippen LogP contribution in [0.1, 0.15) is 41.5 Å². The zero-order chi connectivity index (χ0) is 19.8. The van der Waals surface area contributed by atoms with Crippen LogP contribution in [0.5, 0.6) is 0 Å². The fraction of sp³-hybridized carbons (Fsp3) is 0.227.